The Bertz CT molecular complexity index is 1370. The van der Waals surface area contributed by atoms with E-state index in [2.05, 4.69) is 103 Å². The van der Waals surface area contributed by atoms with Crippen LogP contribution in [0.3, 0.4) is 0 Å². The zero-order valence-electron chi connectivity index (χ0n) is 20.9. The van der Waals surface area contributed by atoms with Crippen LogP contribution in [0.15, 0.2) is 47.0 Å². The van der Waals surface area contributed by atoms with Gasteiger partial charge in [-0.25, -0.2) is 4.57 Å². The first-order chi connectivity index (χ1) is 15.0. The maximum absolute atomic E-state index is 6.69. The smallest absolute Gasteiger partial charge is 0.216 e. The Hall–Kier alpha value is -2.61. The van der Waals surface area contributed by atoms with E-state index in [1.165, 1.54) is 57.1 Å². The van der Waals surface area contributed by atoms with Gasteiger partial charge in [-0.15, -0.1) is 0 Å². The Labute approximate surface area is 192 Å². The molecule has 2 aromatic carbocycles. The Kier molecular flexibility index (Phi) is 4.61. The summed E-state index contributed by atoms with van der Waals surface area (Å²) in [5.74, 6) is 0.481. The van der Waals surface area contributed by atoms with Gasteiger partial charge < -0.3 is 4.42 Å². The van der Waals surface area contributed by atoms with Gasteiger partial charge in [0.1, 0.15) is 18.2 Å². The molecule has 4 aromatic rings. The van der Waals surface area contributed by atoms with E-state index in [-0.39, 0.29) is 10.8 Å². The van der Waals surface area contributed by atoms with Crippen LogP contribution in [0.25, 0.3) is 33.2 Å². The van der Waals surface area contributed by atoms with Gasteiger partial charge in [-0.1, -0.05) is 59.7 Å². The number of hydrogen-bond acceptors (Lipinski definition) is 1. The van der Waals surface area contributed by atoms with Crippen molar-refractivity contribution in [1.29, 1.82) is 0 Å². The molecule has 1 aliphatic rings. The van der Waals surface area contributed by atoms with Crippen LogP contribution in [0.2, 0.25) is 0 Å². The molecule has 2 aromatic heterocycles. The van der Waals surface area contributed by atoms with Crippen LogP contribution in [0.5, 0.6) is 0 Å². The van der Waals surface area contributed by atoms with Gasteiger partial charge >= 0.3 is 0 Å². The molecule has 0 N–H and O–H groups in total. The summed E-state index contributed by atoms with van der Waals surface area (Å²) < 4.78 is 8.95. The number of para-hydroxylation sites is 1. The lowest BCUT2D eigenvalue weighted by Crippen LogP contribution is -2.36. The SMILES string of the molecule is Cc1c2c(c3c(oc4ccccc43)c1-c1cc(C(C)C)cc[n+]1C)C(C)(C)CCC2(C)C. The Morgan fingerprint density at radius 1 is 0.938 bits per heavy atom. The molecule has 32 heavy (non-hydrogen) atoms. The van der Waals surface area contributed by atoms with Crippen molar-refractivity contribution in [3.63, 3.8) is 0 Å². The molecular formula is C30H36NO+. The summed E-state index contributed by atoms with van der Waals surface area (Å²) in [6.45, 7) is 16.5. The van der Waals surface area contributed by atoms with E-state index in [9.17, 15) is 0 Å². The molecule has 0 spiro atoms. The average molecular weight is 427 g/mol. The van der Waals surface area contributed by atoms with Gasteiger partial charge in [-0.05, 0) is 64.8 Å². The van der Waals surface area contributed by atoms with E-state index in [0.717, 1.165) is 11.2 Å². The van der Waals surface area contributed by atoms with Gasteiger partial charge in [0, 0.05) is 22.9 Å². The van der Waals surface area contributed by atoms with Crippen LogP contribution in [0.1, 0.15) is 82.6 Å². The molecule has 0 fully saturated rings. The molecule has 2 heteroatoms. The van der Waals surface area contributed by atoms with Crippen LogP contribution in [0.4, 0.5) is 0 Å². The Morgan fingerprint density at radius 2 is 1.59 bits per heavy atom. The molecule has 0 radical (unpaired) electrons. The molecule has 5 rings (SSSR count). The third-order valence-corrected chi connectivity index (χ3v) is 7.90. The Balaban J connectivity index is 2.04. The fraction of sp³-hybridized carbons (Fsp3) is 0.433. The Morgan fingerprint density at radius 3 is 2.28 bits per heavy atom. The molecule has 0 bridgehead atoms. The van der Waals surface area contributed by atoms with E-state index in [0.29, 0.717) is 5.92 Å². The lowest BCUT2D eigenvalue weighted by Gasteiger charge is -2.43. The summed E-state index contributed by atoms with van der Waals surface area (Å²) in [6, 6.07) is 13.2. The van der Waals surface area contributed by atoms with Gasteiger partial charge in [0.2, 0.25) is 5.69 Å². The van der Waals surface area contributed by atoms with Crippen molar-refractivity contribution in [2.75, 3.05) is 0 Å². The second-order valence-corrected chi connectivity index (χ2v) is 11.4. The lowest BCUT2D eigenvalue weighted by atomic mass is 9.60. The van der Waals surface area contributed by atoms with E-state index >= 15 is 0 Å². The van der Waals surface area contributed by atoms with Crippen LogP contribution >= 0.6 is 0 Å². The minimum Gasteiger partial charge on any atom is -0.455 e. The zero-order chi connectivity index (χ0) is 23.0. The normalized spacial score (nSPS) is 17.3. The van der Waals surface area contributed by atoms with Crippen LogP contribution < -0.4 is 4.57 Å². The molecular weight excluding hydrogens is 390 g/mol. The molecule has 0 unspecified atom stereocenters. The number of aromatic nitrogens is 1. The van der Waals surface area contributed by atoms with Crippen LogP contribution in [-0.2, 0) is 17.9 Å². The second-order valence-electron chi connectivity index (χ2n) is 11.4. The van der Waals surface area contributed by atoms with E-state index in [4.69, 9.17) is 4.42 Å². The topological polar surface area (TPSA) is 17.0 Å². The predicted molar refractivity (Wildman–Crippen MR) is 134 cm³/mol. The lowest BCUT2D eigenvalue weighted by molar-refractivity contribution is -0.660. The number of benzene rings is 2. The van der Waals surface area contributed by atoms with Crippen molar-refractivity contribution < 1.29 is 8.98 Å². The molecule has 1 aliphatic carbocycles. The summed E-state index contributed by atoms with van der Waals surface area (Å²) in [5.41, 5.74) is 10.5. The van der Waals surface area contributed by atoms with Crippen molar-refractivity contribution in [3.05, 3.63) is 64.8 Å². The van der Waals surface area contributed by atoms with Gasteiger partial charge in [0.15, 0.2) is 6.20 Å². The van der Waals surface area contributed by atoms with Gasteiger partial charge in [-0.3, -0.25) is 0 Å². The van der Waals surface area contributed by atoms with Crippen LogP contribution in [0, 0.1) is 6.92 Å². The van der Waals surface area contributed by atoms with E-state index in [1.54, 1.807) is 0 Å². The van der Waals surface area contributed by atoms with Crippen molar-refractivity contribution in [3.8, 4) is 11.3 Å². The number of aryl methyl sites for hydroxylation is 1. The molecule has 0 saturated carbocycles. The van der Waals surface area contributed by atoms with Gasteiger partial charge in [-0.2, -0.15) is 0 Å². The fourth-order valence-electron chi connectivity index (χ4n) is 5.98. The number of pyridine rings is 1. The third-order valence-electron chi connectivity index (χ3n) is 7.90. The molecule has 0 saturated heterocycles. The molecule has 166 valence electrons. The maximum atomic E-state index is 6.69. The number of nitrogens with zero attached hydrogens (tertiary/aromatic N) is 1. The number of hydrogen-bond donors (Lipinski definition) is 0. The quantitative estimate of drug-likeness (QED) is 0.298. The van der Waals surface area contributed by atoms with E-state index < -0.39 is 0 Å². The fourth-order valence-corrected chi connectivity index (χ4v) is 5.98. The van der Waals surface area contributed by atoms with Crippen molar-refractivity contribution >= 4 is 21.9 Å². The van der Waals surface area contributed by atoms with Crippen molar-refractivity contribution in [1.82, 2.24) is 0 Å². The van der Waals surface area contributed by atoms with Crippen molar-refractivity contribution in [2.24, 2.45) is 7.05 Å². The summed E-state index contributed by atoms with van der Waals surface area (Å²) in [5, 5.41) is 2.57. The van der Waals surface area contributed by atoms with Crippen molar-refractivity contribution in [2.45, 2.75) is 78.1 Å². The minimum absolute atomic E-state index is 0.112. The summed E-state index contributed by atoms with van der Waals surface area (Å²) in [7, 11) is 2.15. The standard InChI is InChI=1S/C30H36NO/c1-18(2)20-13-16-31(8)22(17-20)24-19(3)26-27(30(6,7)15-14-29(26,4)5)25-21-11-9-10-12-23(21)32-28(24)25/h9-13,16-18H,14-15H2,1-8H3/q+1. The number of fused-ring (bicyclic) bond motifs is 5. The second kappa shape index (κ2) is 6.94. The number of furan rings is 1. The molecule has 0 amide bonds. The highest BCUT2D eigenvalue weighted by Crippen LogP contribution is 2.54. The highest BCUT2D eigenvalue weighted by Gasteiger charge is 2.42. The van der Waals surface area contributed by atoms with Gasteiger partial charge in [0.25, 0.3) is 0 Å². The average Bonchev–Trinajstić information content (AvgIpc) is 3.10. The predicted octanol–water partition coefficient (Wildman–Crippen LogP) is 7.86. The first kappa shape index (κ1) is 21.2. The molecule has 2 heterocycles. The summed E-state index contributed by atoms with van der Waals surface area (Å²) in [4.78, 5) is 0. The summed E-state index contributed by atoms with van der Waals surface area (Å²) in [6.07, 6.45) is 4.59. The first-order valence-electron chi connectivity index (χ1n) is 12.0. The molecule has 2 nitrogen and oxygen atoms in total. The largest absolute Gasteiger partial charge is 0.455 e. The monoisotopic (exact) mass is 426 g/mol. The van der Waals surface area contributed by atoms with E-state index in [1.807, 2.05) is 0 Å². The number of rotatable bonds is 2. The highest BCUT2D eigenvalue weighted by atomic mass is 16.3. The molecule has 0 atom stereocenters. The molecule has 0 aliphatic heterocycles. The highest BCUT2D eigenvalue weighted by molar-refractivity contribution is 6.12. The minimum atomic E-state index is 0.112. The van der Waals surface area contributed by atoms with Gasteiger partial charge in [0.05, 0.1) is 5.56 Å². The zero-order valence-corrected chi connectivity index (χ0v) is 20.9. The first-order valence-corrected chi connectivity index (χ1v) is 12.0. The summed E-state index contributed by atoms with van der Waals surface area (Å²) >= 11 is 0. The third kappa shape index (κ3) is 2.95. The maximum Gasteiger partial charge on any atom is 0.216 e. The van der Waals surface area contributed by atoms with Crippen LogP contribution in [-0.4, -0.2) is 0 Å².